The molecule has 0 bridgehead atoms. The average molecular weight is 375 g/mol. The van der Waals surface area contributed by atoms with Crippen LogP contribution in [-0.2, 0) is 17.8 Å². The number of fused-ring (bicyclic) bond motifs is 1. The zero-order chi connectivity index (χ0) is 19.7. The first-order valence-corrected chi connectivity index (χ1v) is 8.89. The van der Waals surface area contributed by atoms with Gasteiger partial charge in [0.1, 0.15) is 5.56 Å². The van der Waals surface area contributed by atoms with E-state index in [1.165, 1.54) is 18.3 Å². The van der Waals surface area contributed by atoms with Gasteiger partial charge >= 0.3 is 5.97 Å². The van der Waals surface area contributed by atoms with Crippen molar-refractivity contribution in [1.29, 1.82) is 0 Å². The first-order valence-electron chi connectivity index (χ1n) is 8.89. The molecule has 7 nitrogen and oxygen atoms in total. The van der Waals surface area contributed by atoms with Gasteiger partial charge in [0.05, 0.1) is 29.6 Å². The number of aromatic nitrogens is 2. The van der Waals surface area contributed by atoms with Gasteiger partial charge in [-0.05, 0) is 24.1 Å². The lowest BCUT2D eigenvalue weighted by Gasteiger charge is -2.13. The molecule has 0 aliphatic carbocycles. The number of benzene rings is 2. The Morgan fingerprint density at radius 2 is 1.57 bits per heavy atom. The van der Waals surface area contributed by atoms with Crippen molar-refractivity contribution in [1.82, 2.24) is 14.8 Å². The molecular weight excluding hydrogens is 358 g/mol. The van der Waals surface area contributed by atoms with Crippen molar-refractivity contribution in [3.05, 3.63) is 88.7 Å². The van der Waals surface area contributed by atoms with Crippen molar-refractivity contribution in [3.63, 3.8) is 0 Å². The zero-order valence-corrected chi connectivity index (χ0v) is 15.2. The number of nitrogens with zero attached hydrogens (tertiary/aromatic N) is 3. The molecule has 0 fully saturated rings. The summed E-state index contributed by atoms with van der Waals surface area (Å²) in [7, 11) is 0. The molecule has 3 aromatic rings. The van der Waals surface area contributed by atoms with E-state index >= 15 is 0 Å². The monoisotopic (exact) mass is 375 g/mol. The Labute approximate surface area is 161 Å². The summed E-state index contributed by atoms with van der Waals surface area (Å²) in [5, 5.41) is 4.80. The summed E-state index contributed by atoms with van der Waals surface area (Å²) in [6.45, 7) is 2.40. The van der Waals surface area contributed by atoms with Crippen molar-refractivity contribution in [2.75, 3.05) is 0 Å². The highest BCUT2D eigenvalue weighted by atomic mass is 16.7. The first-order chi connectivity index (χ1) is 13.6. The van der Waals surface area contributed by atoms with Gasteiger partial charge in [-0.25, -0.2) is 4.79 Å². The van der Waals surface area contributed by atoms with Gasteiger partial charge in [0.2, 0.25) is 0 Å². The van der Waals surface area contributed by atoms with Crippen molar-refractivity contribution in [2.45, 2.75) is 19.9 Å². The second kappa shape index (κ2) is 7.11. The van der Waals surface area contributed by atoms with Crippen LogP contribution in [0.1, 0.15) is 49.3 Å². The van der Waals surface area contributed by atoms with E-state index in [9.17, 15) is 14.4 Å². The lowest BCUT2D eigenvalue weighted by atomic mass is 10.1. The molecule has 1 aliphatic heterocycles. The standard InChI is InChI=1S/C21H17N3O4/c1-2-18-17(12-22-23(18)13-14-8-4-3-5-9-14)21(27)28-24-19(25)15-10-6-7-11-16(15)20(24)26/h3-12H,2,13H2,1H3. The van der Waals surface area contributed by atoms with Crippen LogP contribution in [0.3, 0.4) is 0 Å². The fourth-order valence-corrected chi connectivity index (χ4v) is 3.23. The molecule has 1 aliphatic rings. The Bertz CT molecular complexity index is 1040. The third kappa shape index (κ3) is 2.96. The van der Waals surface area contributed by atoms with E-state index in [0.717, 1.165) is 5.56 Å². The van der Waals surface area contributed by atoms with Gasteiger partial charge in [-0.1, -0.05) is 54.5 Å². The quantitative estimate of drug-likeness (QED) is 0.641. The minimum absolute atomic E-state index is 0.218. The van der Waals surface area contributed by atoms with Crippen LogP contribution in [0.2, 0.25) is 0 Å². The highest BCUT2D eigenvalue weighted by molar-refractivity contribution is 6.21. The van der Waals surface area contributed by atoms with Gasteiger partial charge in [-0.15, -0.1) is 0 Å². The minimum Gasteiger partial charge on any atom is -0.324 e. The maximum atomic E-state index is 12.7. The summed E-state index contributed by atoms with van der Waals surface area (Å²) in [5.74, 6) is -2.09. The van der Waals surface area contributed by atoms with E-state index in [0.29, 0.717) is 23.7 Å². The zero-order valence-electron chi connectivity index (χ0n) is 15.2. The van der Waals surface area contributed by atoms with Crippen molar-refractivity contribution < 1.29 is 19.2 Å². The fourth-order valence-electron chi connectivity index (χ4n) is 3.23. The van der Waals surface area contributed by atoms with Crippen molar-refractivity contribution >= 4 is 17.8 Å². The molecule has 1 aromatic heterocycles. The van der Waals surface area contributed by atoms with E-state index in [2.05, 4.69) is 5.10 Å². The molecule has 140 valence electrons. The third-order valence-electron chi connectivity index (χ3n) is 4.61. The minimum atomic E-state index is -0.786. The number of rotatable bonds is 5. The van der Waals surface area contributed by atoms with Crippen LogP contribution >= 0.6 is 0 Å². The van der Waals surface area contributed by atoms with E-state index < -0.39 is 17.8 Å². The van der Waals surface area contributed by atoms with Crippen LogP contribution in [-0.4, -0.2) is 32.6 Å². The van der Waals surface area contributed by atoms with E-state index in [4.69, 9.17) is 4.84 Å². The second-order valence-corrected chi connectivity index (χ2v) is 6.33. The number of amides is 2. The number of carbonyl (C=O) groups excluding carboxylic acids is 3. The van der Waals surface area contributed by atoms with E-state index in [1.54, 1.807) is 16.8 Å². The summed E-state index contributed by atoms with van der Waals surface area (Å²) in [6.07, 6.45) is 1.95. The topological polar surface area (TPSA) is 81.5 Å². The number of hydrogen-bond acceptors (Lipinski definition) is 5. The Morgan fingerprint density at radius 3 is 2.18 bits per heavy atom. The molecule has 0 N–H and O–H groups in total. The number of hydrogen-bond donors (Lipinski definition) is 0. The van der Waals surface area contributed by atoms with Crippen LogP contribution in [0, 0.1) is 0 Å². The molecule has 0 saturated heterocycles. The van der Waals surface area contributed by atoms with Crippen LogP contribution < -0.4 is 0 Å². The molecule has 4 rings (SSSR count). The smallest absolute Gasteiger partial charge is 0.324 e. The van der Waals surface area contributed by atoms with Gasteiger partial charge in [0.25, 0.3) is 11.8 Å². The van der Waals surface area contributed by atoms with E-state index in [1.807, 2.05) is 37.3 Å². The maximum absolute atomic E-state index is 12.7. The Hall–Kier alpha value is -3.74. The van der Waals surface area contributed by atoms with E-state index in [-0.39, 0.29) is 16.7 Å². The van der Waals surface area contributed by atoms with Gasteiger partial charge in [0.15, 0.2) is 0 Å². The first kappa shape index (κ1) is 17.7. The van der Waals surface area contributed by atoms with Crippen LogP contribution in [0.25, 0.3) is 0 Å². The predicted molar refractivity (Wildman–Crippen MR) is 99.5 cm³/mol. The molecule has 7 heteroatoms. The lowest BCUT2D eigenvalue weighted by molar-refractivity contribution is -0.0585. The van der Waals surface area contributed by atoms with Gasteiger partial charge in [0, 0.05) is 0 Å². The normalized spacial score (nSPS) is 13.0. The summed E-state index contributed by atoms with van der Waals surface area (Å²) < 4.78 is 1.72. The van der Waals surface area contributed by atoms with Crippen LogP contribution in [0.15, 0.2) is 60.8 Å². The maximum Gasteiger partial charge on any atom is 0.367 e. The molecule has 0 spiro atoms. The average Bonchev–Trinajstić information content (AvgIpc) is 3.23. The highest BCUT2D eigenvalue weighted by Crippen LogP contribution is 2.24. The fraction of sp³-hybridized carbons (Fsp3) is 0.143. The SMILES string of the molecule is CCc1c(C(=O)ON2C(=O)c3ccccc3C2=O)cnn1Cc1ccccc1. The van der Waals surface area contributed by atoms with Gasteiger partial charge in [-0.3, -0.25) is 14.3 Å². The summed E-state index contributed by atoms with van der Waals surface area (Å²) in [6, 6.07) is 16.1. The number of carbonyl (C=O) groups is 3. The highest BCUT2D eigenvalue weighted by Gasteiger charge is 2.39. The third-order valence-corrected chi connectivity index (χ3v) is 4.61. The predicted octanol–water partition coefficient (Wildman–Crippen LogP) is 2.86. The van der Waals surface area contributed by atoms with Gasteiger partial charge < -0.3 is 4.84 Å². The Balaban J connectivity index is 1.56. The molecular formula is C21H17N3O4. The van der Waals surface area contributed by atoms with Gasteiger partial charge in [-0.2, -0.15) is 5.10 Å². The summed E-state index contributed by atoms with van der Waals surface area (Å²) in [4.78, 5) is 42.6. The second-order valence-electron chi connectivity index (χ2n) is 6.33. The summed E-state index contributed by atoms with van der Waals surface area (Å²) >= 11 is 0. The molecule has 0 radical (unpaired) electrons. The molecule has 0 unspecified atom stereocenters. The molecule has 2 aromatic carbocycles. The number of hydroxylamine groups is 2. The molecule has 0 saturated carbocycles. The molecule has 2 heterocycles. The Kier molecular flexibility index (Phi) is 4.49. The number of imide groups is 1. The molecule has 0 atom stereocenters. The van der Waals surface area contributed by atoms with Crippen LogP contribution in [0.5, 0.6) is 0 Å². The Morgan fingerprint density at radius 1 is 0.964 bits per heavy atom. The largest absolute Gasteiger partial charge is 0.367 e. The lowest BCUT2D eigenvalue weighted by Crippen LogP contribution is -2.32. The van der Waals surface area contributed by atoms with Crippen LogP contribution in [0.4, 0.5) is 0 Å². The van der Waals surface area contributed by atoms with Crippen molar-refractivity contribution in [2.24, 2.45) is 0 Å². The molecule has 2 amide bonds. The molecule has 28 heavy (non-hydrogen) atoms. The van der Waals surface area contributed by atoms with Crippen molar-refractivity contribution in [3.8, 4) is 0 Å². The summed E-state index contributed by atoms with van der Waals surface area (Å²) in [5.41, 5.74) is 2.38.